The van der Waals surface area contributed by atoms with Gasteiger partial charge in [-0.2, -0.15) is 5.10 Å². The monoisotopic (exact) mass is 646 g/mol. The van der Waals surface area contributed by atoms with Crippen LogP contribution >= 0.6 is 46.4 Å². The van der Waals surface area contributed by atoms with Crippen molar-refractivity contribution in [3.8, 4) is 5.75 Å². The highest BCUT2D eigenvalue weighted by atomic mass is 35.5. The molecule has 0 spiro atoms. The summed E-state index contributed by atoms with van der Waals surface area (Å²) >= 11 is 24.6. The normalized spacial score (nSPS) is 13.0. The molecule has 3 aromatic carbocycles. The molecule has 0 bridgehead atoms. The zero-order chi connectivity index (χ0) is 30.4. The van der Waals surface area contributed by atoms with Crippen LogP contribution < -0.4 is 15.5 Å². The average molecular weight is 648 g/mol. The van der Waals surface area contributed by atoms with Gasteiger partial charge in [0, 0.05) is 44.3 Å². The van der Waals surface area contributed by atoms with E-state index in [0.29, 0.717) is 33.8 Å². The summed E-state index contributed by atoms with van der Waals surface area (Å²) in [6.45, 7) is 6.03. The Hall–Kier alpha value is -3.23. The number of nitrogens with one attached hydrogen (secondary N) is 2. The molecule has 4 aromatic rings. The maximum Gasteiger partial charge on any atom is 0.262 e. The number of hydrazone groups is 1. The molecule has 11 heteroatoms. The third kappa shape index (κ3) is 8.19. The fourth-order valence-corrected chi connectivity index (χ4v) is 5.31. The van der Waals surface area contributed by atoms with Crippen LogP contribution in [0.3, 0.4) is 0 Å². The molecule has 2 N–H and O–H groups in total. The Morgan fingerprint density at radius 3 is 2.31 bits per heavy atom. The van der Waals surface area contributed by atoms with E-state index in [0.717, 1.165) is 22.0 Å². The van der Waals surface area contributed by atoms with Crippen LogP contribution in [0.2, 0.25) is 20.1 Å². The number of para-hydroxylation sites is 1. The van der Waals surface area contributed by atoms with Crippen molar-refractivity contribution in [1.29, 1.82) is 0 Å². The van der Waals surface area contributed by atoms with Gasteiger partial charge in [0.25, 0.3) is 11.8 Å². The average Bonchev–Trinajstić information content (AvgIpc) is 3.28. The molecular weight excluding hydrogens is 618 g/mol. The summed E-state index contributed by atoms with van der Waals surface area (Å²) in [6, 6.07) is 17.2. The van der Waals surface area contributed by atoms with Gasteiger partial charge in [-0.05, 0) is 61.2 Å². The number of hydrogen-bond acceptors (Lipinski definition) is 4. The lowest BCUT2D eigenvalue weighted by molar-refractivity contribution is -0.132. The number of aromatic nitrogens is 1. The number of carbonyl (C=O) groups is 2. The molecule has 0 unspecified atom stereocenters. The first-order valence-electron chi connectivity index (χ1n) is 13.3. The minimum atomic E-state index is -0.907. The van der Waals surface area contributed by atoms with Crippen LogP contribution in [0.4, 0.5) is 0 Å². The second-order valence-electron chi connectivity index (χ2n) is 10.2. The molecule has 0 saturated carbocycles. The van der Waals surface area contributed by atoms with Crippen molar-refractivity contribution in [2.45, 2.75) is 45.9 Å². The fourth-order valence-electron chi connectivity index (χ4n) is 4.39. The Morgan fingerprint density at radius 1 is 0.929 bits per heavy atom. The van der Waals surface area contributed by atoms with Gasteiger partial charge in [0.2, 0.25) is 0 Å². The standard InChI is InChI=1S/C31H30Cl4N4O3/c1-18(2)12-27(37-30(40)19(3)42-29-11-10-23(33)14-26(29)35)31(41)38-36-15-21-17-39(28-7-5-4-6-24(21)28)16-20-8-9-22(32)13-25(20)34/h4-11,13-15,17-19,27H,12,16H2,1-3H3,(H,37,40)(H,38,41)/b36-15-/t19-,27-/m1/s1. The molecule has 0 aliphatic carbocycles. The molecule has 220 valence electrons. The Balaban J connectivity index is 1.45. The van der Waals surface area contributed by atoms with Crippen LogP contribution in [0.15, 0.2) is 72.0 Å². The van der Waals surface area contributed by atoms with E-state index in [1.54, 1.807) is 37.4 Å². The minimum Gasteiger partial charge on any atom is -0.479 e. The maximum atomic E-state index is 13.1. The number of nitrogens with zero attached hydrogens (tertiary/aromatic N) is 2. The second kappa shape index (κ2) is 14.3. The van der Waals surface area contributed by atoms with E-state index in [2.05, 4.69) is 20.4 Å². The molecule has 2 amide bonds. The molecule has 0 aliphatic heterocycles. The largest absolute Gasteiger partial charge is 0.479 e. The highest BCUT2D eigenvalue weighted by Crippen LogP contribution is 2.29. The zero-order valence-electron chi connectivity index (χ0n) is 23.2. The number of carbonyl (C=O) groups excluding carboxylic acids is 2. The van der Waals surface area contributed by atoms with Crippen molar-refractivity contribution >= 4 is 75.3 Å². The van der Waals surface area contributed by atoms with E-state index in [4.69, 9.17) is 51.1 Å². The lowest BCUT2D eigenvalue weighted by atomic mass is 10.0. The van der Waals surface area contributed by atoms with Crippen LogP contribution in [0.1, 0.15) is 38.3 Å². The van der Waals surface area contributed by atoms with Crippen molar-refractivity contribution in [2.75, 3.05) is 0 Å². The predicted molar refractivity (Wildman–Crippen MR) is 171 cm³/mol. The number of ether oxygens (including phenoxy) is 1. The quantitative estimate of drug-likeness (QED) is 0.129. The molecule has 0 aliphatic rings. The lowest BCUT2D eigenvalue weighted by Gasteiger charge is -2.22. The molecule has 0 radical (unpaired) electrons. The Labute approximate surface area is 264 Å². The van der Waals surface area contributed by atoms with E-state index in [-0.39, 0.29) is 10.9 Å². The molecule has 7 nitrogen and oxygen atoms in total. The highest BCUT2D eigenvalue weighted by Gasteiger charge is 2.25. The molecule has 0 saturated heterocycles. The van der Waals surface area contributed by atoms with Gasteiger partial charge >= 0.3 is 0 Å². The van der Waals surface area contributed by atoms with Crippen LogP contribution in [0.25, 0.3) is 10.9 Å². The summed E-state index contributed by atoms with van der Waals surface area (Å²) in [5.41, 5.74) is 5.29. The number of amides is 2. The van der Waals surface area contributed by atoms with Crippen molar-refractivity contribution in [2.24, 2.45) is 11.0 Å². The van der Waals surface area contributed by atoms with Crippen molar-refractivity contribution < 1.29 is 14.3 Å². The first kappa shape index (κ1) is 31.7. The van der Waals surface area contributed by atoms with E-state index >= 15 is 0 Å². The van der Waals surface area contributed by atoms with Gasteiger partial charge in [-0.15, -0.1) is 0 Å². The smallest absolute Gasteiger partial charge is 0.262 e. The van der Waals surface area contributed by atoms with Gasteiger partial charge in [-0.1, -0.05) is 84.5 Å². The zero-order valence-corrected chi connectivity index (χ0v) is 26.2. The summed E-state index contributed by atoms with van der Waals surface area (Å²) in [5.74, 6) is -0.461. The van der Waals surface area contributed by atoms with Gasteiger partial charge in [0.1, 0.15) is 11.8 Å². The van der Waals surface area contributed by atoms with Crippen LogP contribution in [0.5, 0.6) is 5.75 Å². The second-order valence-corrected chi connectivity index (χ2v) is 11.9. The van der Waals surface area contributed by atoms with Gasteiger partial charge in [0.15, 0.2) is 6.10 Å². The SMILES string of the molecule is CC(C)C[C@@H](NC(=O)[C@@H](C)Oc1ccc(Cl)cc1Cl)C(=O)N/N=C\c1cn(Cc2ccc(Cl)cc2Cl)c2ccccc12. The molecule has 1 heterocycles. The number of rotatable bonds is 11. The third-order valence-electron chi connectivity index (χ3n) is 6.46. The summed E-state index contributed by atoms with van der Waals surface area (Å²) in [6.07, 6.45) is 3.03. The van der Waals surface area contributed by atoms with Crippen LogP contribution in [-0.4, -0.2) is 34.7 Å². The number of hydrogen-bond donors (Lipinski definition) is 2. The lowest BCUT2D eigenvalue weighted by Crippen LogP contribution is -2.49. The van der Waals surface area contributed by atoms with Gasteiger partial charge in [-0.25, -0.2) is 5.43 Å². The first-order valence-corrected chi connectivity index (χ1v) is 14.8. The molecule has 4 rings (SSSR count). The summed E-state index contributed by atoms with van der Waals surface area (Å²) in [5, 5.41) is 9.84. The highest BCUT2D eigenvalue weighted by molar-refractivity contribution is 6.35. The predicted octanol–water partition coefficient (Wildman–Crippen LogP) is 7.75. The van der Waals surface area contributed by atoms with Gasteiger partial charge < -0.3 is 14.6 Å². The maximum absolute atomic E-state index is 13.1. The van der Waals surface area contributed by atoms with E-state index in [1.807, 2.05) is 50.4 Å². The molecule has 0 fully saturated rings. The number of halogens is 4. The van der Waals surface area contributed by atoms with E-state index in [9.17, 15) is 9.59 Å². The summed E-state index contributed by atoms with van der Waals surface area (Å²) < 4.78 is 7.76. The Morgan fingerprint density at radius 2 is 1.62 bits per heavy atom. The van der Waals surface area contributed by atoms with Crippen molar-refractivity contribution in [1.82, 2.24) is 15.3 Å². The van der Waals surface area contributed by atoms with Crippen molar-refractivity contribution in [3.63, 3.8) is 0 Å². The molecule has 2 atom stereocenters. The van der Waals surface area contributed by atoms with Crippen LogP contribution in [0, 0.1) is 5.92 Å². The van der Waals surface area contributed by atoms with E-state index < -0.39 is 24.0 Å². The molecule has 42 heavy (non-hydrogen) atoms. The molecular formula is C31H30Cl4N4O3. The van der Waals surface area contributed by atoms with Gasteiger partial charge in [0.05, 0.1) is 11.2 Å². The number of fused-ring (bicyclic) bond motifs is 1. The topological polar surface area (TPSA) is 84.7 Å². The van der Waals surface area contributed by atoms with Gasteiger partial charge in [-0.3, -0.25) is 9.59 Å². The van der Waals surface area contributed by atoms with Crippen molar-refractivity contribution in [3.05, 3.63) is 98.1 Å². The fraction of sp³-hybridized carbons (Fsp3) is 0.258. The van der Waals surface area contributed by atoms with Crippen LogP contribution in [-0.2, 0) is 16.1 Å². The first-order chi connectivity index (χ1) is 20.0. The Kier molecular flexibility index (Phi) is 10.8. The Bertz CT molecular complexity index is 1620. The third-order valence-corrected chi connectivity index (χ3v) is 7.58. The minimum absolute atomic E-state index is 0.129. The number of benzene rings is 3. The summed E-state index contributed by atoms with van der Waals surface area (Å²) in [7, 11) is 0. The van der Waals surface area contributed by atoms with E-state index in [1.165, 1.54) is 6.07 Å². The summed E-state index contributed by atoms with van der Waals surface area (Å²) in [4.78, 5) is 26.0. The molecule has 1 aromatic heterocycles.